The number of ether oxygens (including phenoxy) is 1. The van der Waals surface area contributed by atoms with Crippen molar-refractivity contribution in [3.63, 3.8) is 0 Å². The second-order valence-corrected chi connectivity index (χ2v) is 4.30. The van der Waals surface area contributed by atoms with Crippen LogP contribution in [0.2, 0.25) is 0 Å². The normalized spacial score (nSPS) is 10.4. The molecule has 0 fully saturated rings. The predicted molar refractivity (Wildman–Crippen MR) is 71.5 cm³/mol. The molecule has 0 saturated heterocycles. The van der Waals surface area contributed by atoms with E-state index in [4.69, 9.17) is 9.84 Å². The Morgan fingerprint density at radius 3 is 2.16 bits per heavy atom. The van der Waals surface area contributed by atoms with Crippen LogP contribution < -0.4 is 4.74 Å². The summed E-state index contributed by atoms with van der Waals surface area (Å²) in [6.45, 7) is 0.00878. The number of rotatable bonds is 4. The number of hydrogen-bond acceptors (Lipinski definition) is 4. The Kier molecular flexibility index (Phi) is 3.92. The van der Waals surface area contributed by atoms with E-state index in [-0.39, 0.29) is 23.9 Å². The van der Waals surface area contributed by atoms with Gasteiger partial charge in [-0.1, -0.05) is 24.3 Å². The van der Waals surface area contributed by atoms with E-state index in [0.29, 0.717) is 12.0 Å². The summed E-state index contributed by atoms with van der Waals surface area (Å²) in [6.07, 6.45) is 0.495. The zero-order valence-electron chi connectivity index (χ0n) is 10.6. The van der Waals surface area contributed by atoms with Gasteiger partial charge in [-0.25, -0.2) is 0 Å². The first kappa shape index (κ1) is 13.2. The first-order chi connectivity index (χ1) is 9.13. The highest BCUT2D eigenvalue weighted by Gasteiger charge is 2.09. The van der Waals surface area contributed by atoms with Crippen LogP contribution >= 0.6 is 0 Å². The molecule has 4 heteroatoms. The lowest BCUT2D eigenvalue weighted by atomic mass is 10.0. The van der Waals surface area contributed by atoms with Crippen molar-refractivity contribution in [2.24, 2.45) is 0 Å². The van der Waals surface area contributed by atoms with Gasteiger partial charge in [-0.2, -0.15) is 0 Å². The van der Waals surface area contributed by atoms with Gasteiger partial charge in [0.2, 0.25) is 0 Å². The van der Waals surface area contributed by atoms with Gasteiger partial charge in [-0.3, -0.25) is 0 Å². The Hall–Kier alpha value is -2.20. The summed E-state index contributed by atoms with van der Waals surface area (Å²) in [7, 11) is 1.43. The van der Waals surface area contributed by atoms with E-state index in [1.165, 1.54) is 19.2 Å². The van der Waals surface area contributed by atoms with Crippen molar-refractivity contribution in [2.75, 3.05) is 7.11 Å². The molecule has 0 atom stereocenters. The molecule has 2 rings (SSSR count). The van der Waals surface area contributed by atoms with Gasteiger partial charge in [0.25, 0.3) is 0 Å². The summed E-state index contributed by atoms with van der Waals surface area (Å²) in [4.78, 5) is 0. The summed E-state index contributed by atoms with van der Waals surface area (Å²) >= 11 is 0. The van der Waals surface area contributed by atoms with Gasteiger partial charge in [-0.05, 0) is 17.2 Å². The average molecular weight is 260 g/mol. The Balaban J connectivity index is 2.25. The minimum Gasteiger partial charge on any atom is -0.508 e. The molecule has 0 aliphatic heterocycles. The Morgan fingerprint density at radius 2 is 1.58 bits per heavy atom. The van der Waals surface area contributed by atoms with Crippen molar-refractivity contribution < 1.29 is 20.1 Å². The fraction of sp³-hybridized carbons (Fsp3) is 0.200. The summed E-state index contributed by atoms with van der Waals surface area (Å²) in [5.41, 5.74) is 2.44. The van der Waals surface area contributed by atoms with E-state index in [9.17, 15) is 10.2 Å². The van der Waals surface area contributed by atoms with Gasteiger partial charge >= 0.3 is 0 Å². The summed E-state index contributed by atoms with van der Waals surface area (Å²) in [5, 5.41) is 28.6. The van der Waals surface area contributed by atoms with Crippen molar-refractivity contribution >= 4 is 0 Å². The lowest BCUT2D eigenvalue weighted by Gasteiger charge is -2.09. The van der Waals surface area contributed by atoms with Crippen molar-refractivity contribution in [1.29, 1.82) is 0 Å². The fourth-order valence-electron chi connectivity index (χ4n) is 1.89. The highest BCUT2D eigenvalue weighted by molar-refractivity contribution is 5.50. The van der Waals surface area contributed by atoms with Crippen LogP contribution in [-0.2, 0) is 13.0 Å². The minimum absolute atomic E-state index is 0.00211. The first-order valence-electron chi connectivity index (χ1n) is 5.91. The first-order valence-corrected chi connectivity index (χ1v) is 5.91. The maximum absolute atomic E-state index is 9.88. The Bertz CT molecular complexity index is 561. The van der Waals surface area contributed by atoms with E-state index in [1.807, 2.05) is 24.3 Å². The van der Waals surface area contributed by atoms with Crippen LogP contribution in [0.1, 0.15) is 16.7 Å². The Morgan fingerprint density at radius 1 is 0.947 bits per heavy atom. The van der Waals surface area contributed by atoms with E-state index in [2.05, 4.69) is 0 Å². The zero-order chi connectivity index (χ0) is 13.8. The fourth-order valence-corrected chi connectivity index (χ4v) is 1.89. The molecule has 0 saturated carbocycles. The lowest BCUT2D eigenvalue weighted by Crippen LogP contribution is -1.92. The topological polar surface area (TPSA) is 69.9 Å². The van der Waals surface area contributed by atoms with E-state index in [1.54, 1.807) is 0 Å². The average Bonchev–Trinajstić information content (AvgIpc) is 2.43. The molecule has 0 amide bonds. The number of phenolic OH excluding ortho intramolecular Hbond substituents is 2. The van der Waals surface area contributed by atoms with Crippen LogP contribution in [0.15, 0.2) is 36.4 Å². The highest BCUT2D eigenvalue weighted by atomic mass is 16.5. The second-order valence-electron chi connectivity index (χ2n) is 4.30. The maximum Gasteiger partial charge on any atom is 0.164 e. The van der Waals surface area contributed by atoms with Gasteiger partial charge in [-0.15, -0.1) is 0 Å². The van der Waals surface area contributed by atoms with Gasteiger partial charge in [0, 0.05) is 18.1 Å². The molecule has 0 unspecified atom stereocenters. The van der Waals surface area contributed by atoms with Crippen LogP contribution in [0.3, 0.4) is 0 Å². The molecule has 0 spiro atoms. The number of benzene rings is 2. The quantitative estimate of drug-likeness (QED) is 0.737. The molecule has 4 nitrogen and oxygen atoms in total. The number of phenols is 2. The maximum atomic E-state index is 9.88. The van der Waals surface area contributed by atoms with Crippen molar-refractivity contribution in [3.8, 4) is 17.2 Å². The third-order valence-electron chi connectivity index (χ3n) is 2.98. The molecule has 19 heavy (non-hydrogen) atoms. The predicted octanol–water partition coefficient (Wildman–Crippen LogP) is 2.19. The molecule has 0 aliphatic carbocycles. The van der Waals surface area contributed by atoms with Gasteiger partial charge in [0.1, 0.15) is 5.75 Å². The van der Waals surface area contributed by atoms with Crippen LogP contribution in [0.4, 0.5) is 0 Å². The molecule has 0 aromatic heterocycles. The number of aliphatic hydroxyl groups is 1. The third kappa shape index (κ3) is 2.98. The molecule has 0 aliphatic rings. The van der Waals surface area contributed by atoms with Crippen molar-refractivity contribution in [2.45, 2.75) is 13.0 Å². The van der Waals surface area contributed by atoms with Crippen molar-refractivity contribution in [3.05, 3.63) is 53.1 Å². The largest absolute Gasteiger partial charge is 0.508 e. The molecular formula is C15H16O4. The smallest absolute Gasteiger partial charge is 0.164 e. The lowest BCUT2D eigenvalue weighted by molar-refractivity contribution is 0.282. The molecule has 0 heterocycles. The monoisotopic (exact) mass is 260 g/mol. The summed E-state index contributed by atoms with van der Waals surface area (Å²) < 4.78 is 4.92. The van der Waals surface area contributed by atoms with Gasteiger partial charge in [0.15, 0.2) is 11.5 Å². The minimum atomic E-state index is 0.00211. The third-order valence-corrected chi connectivity index (χ3v) is 2.98. The molecular weight excluding hydrogens is 244 g/mol. The van der Waals surface area contributed by atoms with Gasteiger partial charge < -0.3 is 20.1 Å². The van der Waals surface area contributed by atoms with E-state index >= 15 is 0 Å². The van der Waals surface area contributed by atoms with Gasteiger partial charge in [0.05, 0.1) is 13.7 Å². The molecule has 3 N–H and O–H groups in total. The Labute approximate surface area is 111 Å². The van der Waals surface area contributed by atoms with Crippen LogP contribution in [-0.4, -0.2) is 22.4 Å². The molecule has 2 aromatic rings. The zero-order valence-corrected chi connectivity index (χ0v) is 10.6. The standard InChI is InChI=1S/C15H16O4/c1-19-15-8-13(17)12(7-14(15)18)6-10-2-4-11(9-16)5-3-10/h2-5,7-8,16-18H,6,9H2,1H3. The number of methoxy groups -OCH3 is 1. The summed E-state index contributed by atoms with van der Waals surface area (Å²) in [6, 6.07) is 10.3. The number of aromatic hydroxyl groups is 2. The SMILES string of the molecule is COc1cc(O)c(Cc2ccc(CO)cc2)cc1O. The summed E-state index contributed by atoms with van der Waals surface area (Å²) in [5.74, 6) is 0.333. The second kappa shape index (κ2) is 5.63. The number of aliphatic hydroxyl groups excluding tert-OH is 1. The van der Waals surface area contributed by atoms with E-state index in [0.717, 1.165) is 11.1 Å². The molecule has 100 valence electrons. The van der Waals surface area contributed by atoms with Crippen molar-refractivity contribution in [1.82, 2.24) is 0 Å². The molecule has 2 aromatic carbocycles. The van der Waals surface area contributed by atoms with Crippen LogP contribution in [0.25, 0.3) is 0 Å². The molecule has 0 radical (unpaired) electrons. The number of hydrogen-bond donors (Lipinski definition) is 3. The highest BCUT2D eigenvalue weighted by Crippen LogP contribution is 2.34. The molecule has 0 bridgehead atoms. The van der Waals surface area contributed by atoms with Crippen LogP contribution in [0.5, 0.6) is 17.2 Å². The van der Waals surface area contributed by atoms with Crippen LogP contribution in [0, 0.1) is 0 Å². The van der Waals surface area contributed by atoms with E-state index < -0.39 is 0 Å².